The molecule has 0 bridgehead atoms. The summed E-state index contributed by atoms with van der Waals surface area (Å²) < 4.78 is 18.1. The van der Waals surface area contributed by atoms with Gasteiger partial charge < -0.3 is 13.9 Å². The Hall–Kier alpha value is -4.29. The smallest absolute Gasteiger partial charge is 0.338 e. The molecule has 0 aliphatic carbocycles. The largest absolute Gasteiger partial charge is 0.497 e. The number of benzene rings is 1. The lowest BCUT2D eigenvalue weighted by molar-refractivity contribution is -0.384. The Labute approximate surface area is 223 Å². The minimum atomic E-state index is -0.665. The van der Waals surface area contributed by atoms with E-state index in [1.165, 1.54) is 40.4 Å². The molecule has 38 heavy (non-hydrogen) atoms. The summed E-state index contributed by atoms with van der Waals surface area (Å²) >= 11 is 2.60. The average Bonchev–Trinajstić information content (AvgIpc) is 3.65. The summed E-state index contributed by atoms with van der Waals surface area (Å²) in [7, 11) is 1.43. The second-order valence-electron chi connectivity index (χ2n) is 8.16. The van der Waals surface area contributed by atoms with Crippen molar-refractivity contribution >= 4 is 40.4 Å². The van der Waals surface area contributed by atoms with Crippen LogP contribution in [0.1, 0.15) is 30.5 Å². The molecule has 0 radical (unpaired) electrons. The number of methoxy groups -OCH3 is 1. The summed E-state index contributed by atoms with van der Waals surface area (Å²) in [5.41, 5.74) is 0.587. The molecule has 12 heteroatoms. The van der Waals surface area contributed by atoms with Crippen LogP contribution in [0.4, 0.5) is 5.69 Å². The van der Waals surface area contributed by atoms with Crippen LogP contribution in [0.25, 0.3) is 17.4 Å². The molecule has 1 unspecified atom stereocenters. The lowest BCUT2D eigenvalue weighted by atomic mass is 10.0. The number of nitro groups is 1. The lowest BCUT2D eigenvalue weighted by Crippen LogP contribution is -2.39. The summed E-state index contributed by atoms with van der Waals surface area (Å²) in [4.78, 5) is 43.4. The van der Waals surface area contributed by atoms with Crippen molar-refractivity contribution in [2.24, 2.45) is 4.99 Å². The number of hydrogen-bond acceptors (Lipinski definition) is 10. The van der Waals surface area contributed by atoms with E-state index in [0.717, 1.165) is 4.88 Å². The van der Waals surface area contributed by atoms with Crippen molar-refractivity contribution in [1.82, 2.24) is 4.57 Å². The third-order valence-corrected chi connectivity index (χ3v) is 7.80. The van der Waals surface area contributed by atoms with Crippen molar-refractivity contribution in [3.8, 4) is 17.1 Å². The highest BCUT2D eigenvalue weighted by Crippen LogP contribution is 2.35. The van der Waals surface area contributed by atoms with E-state index >= 15 is 0 Å². The molecule has 0 saturated heterocycles. The fourth-order valence-electron chi connectivity index (χ4n) is 4.21. The number of fused-ring (bicyclic) bond motifs is 1. The van der Waals surface area contributed by atoms with Crippen LogP contribution < -0.4 is 19.6 Å². The van der Waals surface area contributed by atoms with Crippen LogP contribution >= 0.6 is 22.7 Å². The number of esters is 1. The Morgan fingerprint density at radius 2 is 2.11 bits per heavy atom. The van der Waals surface area contributed by atoms with Gasteiger partial charge in [0.25, 0.3) is 11.2 Å². The number of thiazole rings is 1. The molecule has 194 valence electrons. The zero-order chi connectivity index (χ0) is 27.0. The van der Waals surface area contributed by atoms with Gasteiger partial charge in [0.2, 0.25) is 0 Å². The van der Waals surface area contributed by atoms with Gasteiger partial charge in [-0.2, -0.15) is 0 Å². The van der Waals surface area contributed by atoms with Crippen LogP contribution in [0, 0.1) is 10.1 Å². The van der Waals surface area contributed by atoms with Gasteiger partial charge in [-0.15, -0.1) is 11.3 Å². The predicted octanol–water partition coefficient (Wildman–Crippen LogP) is 4.04. The number of furan rings is 1. The van der Waals surface area contributed by atoms with E-state index < -0.39 is 16.9 Å². The van der Waals surface area contributed by atoms with Crippen molar-refractivity contribution in [1.29, 1.82) is 0 Å². The maximum absolute atomic E-state index is 13.6. The molecule has 4 heterocycles. The fourth-order valence-corrected chi connectivity index (χ4v) is 6.06. The van der Waals surface area contributed by atoms with Crippen LogP contribution in [-0.4, -0.2) is 29.2 Å². The number of aromatic nitrogens is 1. The van der Waals surface area contributed by atoms with Gasteiger partial charge in [-0.1, -0.05) is 17.4 Å². The first kappa shape index (κ1) is 25.4. The van der Waals surface area contributed by atoms with Crippen LogP contribution in [0.5, 0.6) is 5.75 Å². The first-order valence-corrected chi connectivity index (χ1v) is 13.2. The third-order valence-electron chi connectivity index (χ3n) is 5.90. The van der Waals surface area contributed by atoms with Gasteiger partial charge in [-0.25, -0.2) is 9.79 Å². The van der Waals surface area contributed by atoms with E-state index in [1.54, 1.807) is 44.2 Å². The first-order chi connectivity index (χ1) is 18.3. The molecule has 1 aliphatic rings. The van der Waals surface area contributed by atoms with Crippen molar-refractivity contribution in [3.05, 3.63) is 99.6 Å². The number of nitrogens with zero attached hydrogens (tertiary/aromatic N) is 3. The van der Waals surface area contributed by atoms with Gasteiger partial charge in [-0.05, 0) is 49.6 Å². The number of ether oxygens (including phenoxy) is 2. The molecular formula is C26H21N3O7S2. The van der Waals surface area contributed by atoms with Gasteiger partial charge in [0.1, 0.15) is 23.3 Å². The van der Waals surface area contributed by atoms with E-state index in [-0.39, 0.29) is 29.2 Å². The van der Waals surface area contributed by atoms with Crippen molar-refractivity contribution < 1.29 is 23.6 Å². The Bertz CT molecular complexity index is 1760. The van der Waals surface area contributed by atoms with Gasteiger partial charge in [0.15, 0.2) is 4.80 Å². The zero-order valence-corrected chi connectivity index (χ0v) is 22.1. The average molecular weight is 552 g/mol. The highest BCUT2D eigenvalue weighted by Gasteiger charge is 2.34. The van der Waals surface area contributed by atoms with Gasteiger partial charge in [0, 0.05) is 11.0 Å². The molecule has 0 saturated carbocycles. The fraction of sp³-hybridized carbons (Fsp3) is 0.192. The SMILES string of the molecule is CCOC(=O)C1=C(C)N=c2s/c(=C\c3ccc(-c4ccc(OC)cc4[N+](=O)[O-])o3)c(=O)n2C1c1cccs1. The molecule has 4 aromatic rings. The van der Waals surface area contributed by atoms with Crippen molar-refractivity contribution in [3.63, 3.8) is 0 Å². The molecule has 1 atom stereocenters. The summed E-state index contributed by atoms with van der Waals surface area (Å²) in [5, 5.41) is 13.5. The molecule has 3 aromatic heterocycles. The third kappa shape index (κ3) is 4.48. The molecule has 0 amide bonds. The van der Waals surface area contributed by atoms with E-state index in [4.69, 9.17) is 13.9 Å². The van der Waals surface area contributed by atoms with Crippen LogP contribution in [0.3, 0.4) is 0 Å². The van der Waals surface area contributed by atoms with E-state index in [9.17, 15) is 19.7 Å². The van der Waals surface area contributed by atoms with Gasteiger partial charge >= 0.3 is 5.97 Å². The van der Waals surface area contributed by atoms with Gasteiger partial charge in [0.05, 0.1) is 46.1 Å². The molecule has 0 N–H and O–H groups in total. The number of carbonyl (C=O) groups is 1. The molecule has 1 aromatic carbocycles. The summed E-state index contributed by atoms with van der Waals surface area (Å²) in [5.74, 6) is 0.448. The number of allylic oxidation sites excluding steroid dienone is 1. The molecule has 0 fully saturated rings. The van der Waals surface area contributed by atoms with E-state index in [2.05, 4.69) is 4.99 Å². The first-order valence-electron chi connectivity index (χ1n) is 11.5. The normalized spacial score (nSPS) is 15.2. The Morgan fingerprint density at radius 3 is 2.79 bits per heavy atom. The highest BCUT2D eigenvalue weighted by atomic mass is 32.1. The number of hydrogen-bond donors (Lipinski definition) is 0. The van der Waals surface area contributed by atoms with E-state index in [1.807, 2.05) is 17.5 Å². The quantitative estimate of drug-likeness (QED) is 0.193. The van der Waals surface area contributed by atoms with Crippen molar-refractivity contribution in [2.75, 3.05) is 13.7 Å². The lowest BCUT2D eigenvalue weighted by Gasteiger charge is -2.23. The monoisotopic (exact) mass is 551 g/mol. The minimum Gasteiger partial charge on any atom is -0.497 e. The molecular weight excluding hydrogens is 530 g/mol. The summed E-state index contributed by atoms with van der Waals surface area (Å²) in [6.07, 6.45) is 1.57. The number of thiophene rings is 1. The minimum absolute atomic E-state index is 0.164. The van der Waals surface area contributed by atoms with Crippen molar-refractivity contribution in [2.45, 2.75) is 19.9 Å². The van der Waals surface area contributed by atoms with Crippen LogP contribution in [-0.2, 0) is 9.53 Å². The molecule has 0 spiro atoms. The second-order valence-corrected chi connectivity index (χ2v) is 10.1. The zero-order valence-electron chi connectivity index (χ0n) is 20.5. The molecule has 1 aliphatic heterocycles. The topological polar surface area (TPSA) is 126 Å². The van der Waals surface area contributed by atoms with E-state index in [0.29, 0.717) is 32.1 Å². The molecule has 5 rings (SSSR count). The number of nitro benzene ring substituents is 1. The highest BCUT2D eigenvalue weighted by molar-refractivity contribution is 7.10. The standard InChI is InChI=1S/C26H21N3O7S2/c1-4-35-25(31)22-14(2)27-26-28(23(22)20-6-5-11-37-20)24(30)21(38-26)13-16-8-10-19(36-16)17-9-7-15(34-3)12-18(17)29(32)33/h5-13,23H,4H2,1-3H3/b21-13-. The Kier molecular flexibility index (Phi) is 6.83. The Balaban J connectivity index is 1.60. The molecule has 10 nitrogen and oxygen atoms in total. The second kappa shape index (κ2) is 10.2. The number of carbonyl (C=O) groups excluding carboxylic acids is 1. The maximum atomic E-state index is 13.6. The number of rotatable bonds is 7. The summed E-state index contributed by atoms with van der Waals surface area (Å²) in [6, 6.07) is 10.8. The van der Waals surface area contributed by atoms with Crippen LogP contribution in [0.15, 0.2) is 73.3 Å². The maximum Gasteiger partial charge on any atom is 0.338 e. The van der Waals surface area contributed by atoms with Crippen LogP contribution in [0.2, 0.25) is 0 Å². The predicted molar refractivity (Wildman–Crippen MR) is 142 cm³/mol. The van der Waals surface area contributed by atoms with Gasteiger partial charge in [-0.3, -0.25) is 19.5 Å². The Morgan fingerprint density at radius 1 is 1.29 bits per heavy atom. The summed E-state index contributed by atoms with van der Waals surface area (Å²) in [6.45, 7) is 3.65.